The van der Waals surface area contributed by atoms with E-state index in [-0.39, 0.29) is 12.4 Å². The summed E-state index contributed by atoms with van der Waals surface area (Å²) in [5.74, 6) is 0.456. The van der Waals surface area contributed by atoms with Gasteiger partial charge in [0.05, 0.1) is 13.2 Å². The van der Waals surface area contributed by atoms with Gasteiger partial charge in [-0.1, -0.05) is 19.1 Å². The number of rotatable bonds is 3. The van der Waals surface area contributed by atoms with E-state index in [0.29, 0.717) is 31.5 Å². The molecule has 0 aromatic rings. The summed E-state index contributed by atoms with van der Waals surface area (Å²) in [6.45, 7) is 7.85. The zero-order valence-corrected chi connectivity index (χ0v) is 9.37. The lowest BCUT2D eigenvalue weighted by Crippen LogP contribution is -2.35. The Balaban J connectivity index is 2.03. The molecule has 15 heavy (non-hydrogen) atoms. The van der Waals surface area contributed by atoms with Gasteiger partial charge >= 0.3 is 0 Å². The Morgan fingerprint density at radius 2 is 2.13 bits per heavy atom. The lowest BCUT2D eigenvalue weighted by molar-refractivity contribution is -0.180. The minimum absolute atomic E-state index is 0.191. The number of aliphatic hydroxyl groups excluding tert-OH is 1. The quantitative estimate of drug-likeness (QED) is 0.724. The summed E-state index contributed by atoms with van der Waals surface area (Å²) in [6.07, 6.45) is 2.73. The molecule has 0 aromatic heterocycles. The van der Waals surface area contributed by atoms with E-state index in [4.69, 9.17) is 14.6 Å². The van der Waals surface area contributed by atoms with Crippen molar-refractivity contribution in [3.8, 4) is 0 Å². The van der Waals surface area contributed by atoms with E-state index >= 15 is 0 Å². The van der Waals surface area contributed by atoms with Crippen molar-refractivity contribution in [1.29, 1.82) is 0 Å². The van der Waals surface area contributed by atoms with Crippen molar-refractivity contribution in [2.45, 2.75) is 32.0 Å². The van der Waals surface area contributed by atoms with Gasteiger partial charge < -0.3 is 14.6 Å². The molecule has 1 aliphatic heterocycles. The van der Waals surface area contributed by atoms with Gasteiger partial charge in [-0.05, 0) is 18.8 Å². The van der Waals surface area contributed by atoms with Crippen LogP contribution in [0.3, 0.4) is 0 Å². The second kappa shape index (κ2) is 4.24. The van der Waals surface area contributed by atoms with Gasteiger partial charge in [-0.15, -0.1) is 0 Å². The van der Waals surface area contributed by atoms with Gasteiger partial charge in [0.1, 0.15) is 0 Å². The maximum absolute atomic E-state index is 8.92. The molecule has 0 amide bonds. The third kappa shape index (κ3) is 1.84. The van der Waals surface area contributed by atoms with Gasteiger partial charge in [0.25, 0.3) is 0 Å². The van der Waals surface area contributed by atoms with E-state index < -0.39 is 0 Å². The molecule has 0 aromatic carbocycles. The monoisotopic (exact) mass is 212 g/mol. The predicted molar refractivity (Wildman–Crippen MR) is 57.4 cm³/mol. The molecule has 0 bridgehead atoms. The number of ether oxygens (including phenoxy) is 2. The highest BCUT2D eigenvalue weighted by atomic mass is 16.7. The van der Waals surface area contributed by atoms with E-state index in [1.165, 1.54) is 0 Å². The van der Waals surface area contributed by atoms with Crippen LogP contribution in [0.2, 0.25) is 0 Å². The molecule has 0 radical (unpaired) electrons. The minimum Gasteiger partial charge on any atom is -0.396 e. The smallest absolute Gasteiger partial charge is 0.171 e. The van der Waals surface area contributed by atoms with Crippen LogP contribution in [0.1, 0.15) is 26.2 Å². The first kappa shape index (κ1) is 11.1. The van der Waals surface area contributed by atoms with Gasteiger partial charge in [0.2, 0.25) is 0 Å². The lowest BCUT2D eigenvalue weighted by Gasteiger charge is -2.29. The molecule has 3 heteroatoms. The SMILES string of the molecule is C=C(CCO)[C@@H]1CCC2(OCCO2)[C@H]1C. The topological polar surface area (TPSA) is 38.7 Å². The van der Waals surface area contributed by atoms with Crippen LogP contribution in [0.25, 0.3) is 0 Å². The summed E-state index contributed by atoms with van der Waals surface area (Å²) in [6, 6.07) is 0. The van der Waals surface area contributed by atoms with Gasteiger partial charge in [-0.2, -0.15) is 0 Å². The fraction of sp³-hybridized carbons (Fsp3) is 0.833. The largest absolute Gasteiger partial charge is 0.396 e. The Kier molecular flexibility index (Phi) is 3.14. The summed E-state index contributed by atoms with van der Waals surface area (Å²) in [5, 5.41) is 8.92. The third-order valence-corrected chi connectivity index (χ3v) is 3.83. The van der Waals surface area contributed by atoms with Crippen molar-refractivity contribution in [2.75, 3.05) is 19.8 Å². The number of hydrogen-bond donors (Lipinski definition) is 1. The number of aliphatic hydroxyl groups is 1. The maximum Gasteiger partial charge on any atom is 0.171 e. The highest BCUT2D eigenvalue weighted by Crippen LogP contribution is 2.48. The molecule has 0 unspecified atom stereocenters. The molecule has 1 N–H and O–H groups in total. The molecular weight excluding hydrogens is 192 g/mol. The van der Waals surface area contributed by atoms with Crippen molar-refractivity contribution in [1.82, 2.24) is 0 Å². The zero-order chi connectivity index (χ0) is 10.9. The molecule has 1 saturated heterocycles. The van der Waals surface area contributed by atoms with Crippen molar-refractivity contribution >= 4 is 0 Å². The molecule has 1 saturated carbocycles. The van der Waals surface area contributed by atoms with Crippen LogP contribution >= 0.6 is 0 Å². The van der Waals surface area contributed by atoms with Crippen LogP contribution in [0, 0.1) is 11.8 Å². The van der Waals surface area contributed by atoms with Gasteiger partial charge in [0.15, 0.2) is 5.79 Å². The Bertz CT molecular complexity index is 243. The van der Waals surface area contributed by atoms with Crippen LogP contribution in [-0.2, 0) is 9.47 Å². The van der Waals surface area contributed by atoms with Crippen molar-refractivity contribution in [3.05, 3.63) is 12.2 Å². The molecule has 3 nitrogen and oxygen atoms in total. The number of hydrogen-bond acceptors (Lipinski definition) is 3. The molecule has 86 valence electrons. The first-order chi connectivity index (χ1) is 7.19. The van der Waals surface area contributed by atoms with E-state index in [0.717, 1.165) is 18.4 Å². The van der Waals surface area contributed by atoms with E-state index in [9.17, 15) is 0 Å². The van der Waals surface area contributed by atoms with E-state index in [1.807, 2.05) is 0 Å². The molecular formula is C12H20O3. The third-order valence-electron chi connectivity index (χ3n) is 3.83. The summed E-state index contributed by atoms with van der Waals surface area (Å²) in [7, 11) is 0. The molecule has 2 fully saturated rings. The van der Waals surface area contributed by atoms with Crippen LogP contribution in [-0.4, -0.2) is 30.7 Å². The second-order valence-corrected chi connectivity index (χ2v) is 4.57. The van der Waals surface area contributed by atoms with Crippen LogP contribution in [0.5, 0.6) is 0 Å². The Morgan fingerprint density at radius 1 is 1.47 bits per heavy atom. The van der Waals surface area contributed by atoms with Gasteiger partial charge in [-0.3, -0.25) is 0 Å². The molecule has 2 aliphatic rings. The summed E-state index contributed by atoms with van der Waals surface area (Å²) >= 11 is 0. The van der Waals surface area contributed by atoms with Crippen molar-refractivity contribution in [3.63, 3.8) is 0 Å². The molecule has 1 heterocycles. The lowest BCUT2D eigenvalue weighted by atomic mass is 9.87. The van der Waals surface area contributed by atoms with Gasteiger partial charge in [-0.25, -0.2) is 0 Å². The first-order valence-electron chi connectivity index (χ1n) is 5.76. The fourth-order valence-electron chi connectivity index (χ4n) is 2.91. The fourth-order valence-corrected chi connectivity index (χ4v) is 2.91. The van der Waals surface area contributed by atoms with E-state index in [1.54, 1.807) is 0 Å². The Hall–Kier alpha value is -0.380. The highest BCUT2D eigenvalue weighted by molar-refractivity contribution is 5.09. The predicted octanol–water partition coefficient (Wildman–Crippen LogP) is 1.71. The standard InChI is InChI=1S/C12H20O3/c1-9(4-6-13)11-3-5-12(10(11)2)14-7-8-15-12/h10-11,13H,1,3-8H2,2H3/t10-,11-/m0/s1. The van der Waals surface area contributed by atoms with Crippen LogP contribution in [0.15, 0.2) is 12.2 Å². The molecule has 1 spiro atoms. The Morgan fingerprint density at radius 3 is 2.73 bits per heavy atom. The maximum atomic E-state index is 8.92. The van der Waals surface area contributed by atoms with Gasteiger partial charge in [0, 0.05) is 18.9 Å². The van der Waals surface area contributed by atoms with Crippen molar-refractivity contribution in [2.24, 2.45) is 11.8 Å². The van der Waals surface area contributed by atoms with E-state index in [2.05, 4.69) is 13.5 Å². The van der Waals surface area contributed by atoms with Crippen LogP contribution < -0.4 is 0 Å². The minimum atomic E-state index is -0.344. The van der Waals surface area contributed by atoms with Crippen LogP contribution in [0.4, 0.5) is 0 Å². The first-order valence-corrected chi connectivity index (χ1v) is 5.76. The summed E-state index contributed by atoms with van der Waals surface area (Å²) in [5.41, 5.74) is 1.14. The normalized spacial score (nSPS) is 33.7. The molecule has 2 rings (SSSR count). The highest BCUT2D eigenvalue weighted by Gasteiger charge is 2.50. The summed E-state index contributed by atoms with van der Waals surface area (Å²) in [4.78, 5) is 0. The molecule has 1 aliphatic carbocycles. The average molecular weight is 212 g/mol. The second-order valence-electron chi connectivity index (χ2n) is 4.57. The zero-order valence-electron chi connectivity index (χ0n) is 9.37. The average Bonchev–Trinajstić information content (AvgIpc) is 2.79. The molecule has 2 atom stereocenters. The summed E-state index contributed by atoms with van der Waals surface area (Å²) < 4.78 is 11.5. The van der Waals surface area contributed by atoms with Crippen molar-refractivity contribution < 1.29 is 14.6 Å². The Labute approximate surface area is 91.1 Å².